The smallest absolute Gasteiger partial charge is 0.240 e. The third-order valence-electron chi connectivity index (χ3n) is 3.94. The molecule has 0 aliphatic carbocycles. The number of aryl methyl sites for hydroxylation is 1. The molecule has 2 heterocycles. The van der Waals surface area contributed by atoms with Gasteiger partial charge < -0.3 is 9.47 Å². The van der Waals surface area contributed by atoms with Crippen LogP contribution < -0.4 is 14.2 Å². The number of benzene rings is 1. The zero-order chi connectivity index (χ0) is 20.0. The van der Waals surface area contributed by atoms with E-state index < -0.39 is 10.0 Å². The predicted octanol–water partition coefficient (Wildman–Crippen LogP) is 1.97. The van der Waals surface area contributed by atoms with Crippen LogP contribution in [-0.2, 0) is 10.0 Å². The summed E-state index contributed by atoms with van der Waals surface area (Å²) in [5.74, 6) is 1.66. The number of nitrogens with zero attached hydrogens (tertiary/aromatic N) is 4. The van der Waals surface area contributed by atoms with Crippen LogP contribution in [0.15, 0.2) is 41.3 Å². The van der Waals surface area contributed by atoms with Gasteiger partial charge in [0.05, 0.1) is 11.5 Å². The Bertz CT molecular complexity index is 1020. The highest BCUT2D eigenvalue weighted by Crippen LogP contribution is 2.16. The minimum atomic E-state index is -3.62. The van der Waals surface area contributed by atoms with Crippen LogP contribution in [0.5, 0.6) is 11.6 Å². The largest absolute Gasteiger partial charge is 0.494 e. The highest BCUT2D eigenvalue weighted by Gasteiger charge is 2.13. The molecule has 2 aromatic heterocycles. The summed E-state index contributed by atoms with van der Waals surface area (Å²) in [6, 6.07) is 9.75. The fourth-order valence-corrected chi connectivity index (χ4v) is 3.43. The van der Waals surface area contributed by atoms with Crippen molar-refractivity contribution in [3.63, 3.8) is 0 Å². The number of hydrogen-bond donors (Lipinski definition) is 1. The summed E-state index contributed by atoms with van der Waals surface area (Å²) < 4.78 is 39.8. The fraction of sp³-hybridized carbons (Fsp3) is 0.389. The van der Waals surface area contributed by atoms with Crippen molar-refractivity contribution in [1.82, 2.24) is 24.5 Å². The van der Waals surface area contributed by atoms with Gasteiger partial charge in [-0.3, -0.25) is 0 Å². The van der Waals surface area contributed by atoms with Crippen molar-refractivity contribution < 1.29 is 17.9 Å². The molecule has 0 aliphatic rings. The second kappa shape index (κ2) is 8.98. The van der Waals surface area contributed by atoms with Crippen molar-refractivity contribution in [3.05, 3.63) is 42.2 Å². The second-order valence-corrected chi connectivity index (χ2v) is 7.88. The van der Waals surface area contributed by atoms with E-state index >= 15 is 0 Å². The predicted molar refractivity (Wildman–Crippen MR) is 103 cm³/mol. The molecule has 0 spiro atoms. The molecule has 0 atom stereocenters. The molecule has 3 aromatic rings. The van der Waals surface area contributed by atoms with E-state index in [9.17, 15) is 8.42 Å². The summed E-state index contributed by atoms with van der Waals surface area (Å²) in [6.45, 7) is 4.73. The lowest BCUT2D eigenvalue weighted by Gasteiger charge is -2.09. The first kappa shape index (κ1) is 20.0. The fourth-order valence-electron chi connectivity index (χ4n) is 2.42. The van der Waals surface area contributed by atoms with Crippen molar-refractivity contribution >= 4 is 15.7 Å². The summed E-state index contributed by atoms with van der Waals surface area (Å²) in [5, 5.41) is 12.1. The quantitative estimate of drug-likeness (QED) is 0.514. The van der Waals surface area contributed by atoms with E-state index in [-0.39, 0.29) is 18.0 Å². The number of fused-ring (bicyclic) bond motifs is 1. The molecule has 1 N–H and O–H groups in total. The van der Waals surface area contributed by atoms with Crippen LogP contribution in [0.3, 0.4) is 0 Å². The maximum atomic E-state index is 12.4. The van der Waals surface area contributed by atoms with Crippen molar-refractivity contribution in [1.29, 1.82) is 0 Å². The molecule has 0 unspecified atom stereocenters. The Morgan fingerprint density at radius 1 is 1.04 bits per heavy atom. The summed E-state index contributed by atoms with van der Waals surface area (Å²) in [4.78, 5) is 0.176. The second-order valence-electron chi connectivity index (χ2n) is 6.11. The van der Waals surface area contributed by atoms with Gasteiger partial charge in [-0.2, -0.15) is 4.52 Å². The van der Waals surface area contributed by atoms with Gasteiger partial charge in [0.1, 0.15) is 12.4 Å². The number of nitrogens with one attached hydrogen (secondary N) is 1. The molecule has 10 heteroatoms. The van der Waals surface area contributed by atoms with Crippen LogP contribution in [0.25, 0.3) is 5.65 Å². The standard InChI is InChI=1S/C18H23N5O4S/c1-3-4-12-26-15-5-7-16(8-6-15)28(24,25)19-11-13-27-18-10-9-17-21-20-14(2)23(17)22-18/h5-10,19H,3-4,11-13H2,1-2H3. The third kappa shape index (κ3) is 4.96. The van der Waals surface area contributed by atoms with E-state index in [2.05, 4.69) is 26.9 Å². The number of hydrogen-bond acceptors (Lipinski definition) is 7. The monoisotopic (exact) mass is 405 g/mol. The SMILES string of the molecule is CCCCOc1ccc(S(=O)(=O)NCCOc2ccc3nnc(C)n3n2)cc1. The van der Waals surface area contributed by atoms with Crippen molar-refractivity contribution in [2.75, 3.05) is 19.8 Å². The molecule has 9 nitrogen and oxygen atoms in total. The number of aromatic nitrogens is 4. The van der Waals surface area contributed by atoms with E-state index in [4.69, 9.17) is 9.47 Å². The summed E-state index contributed by atoms with van der Waals surface area (Å²) in [6.07, 6.45) is 2.00. The maximum absolute atomic E-state index is 12.4. The van der Waals surface area contributed by atoms with E-state index in [1.165, 1.54) is 12.1 Å². The topological polar surface area (TPSA) is 108 Å². The van der Waals surface area contributed by atoms with E-state index in [0.29, 0.717) is 29.7 Å². The number of rotatable bonds is 10. The van der Waals surface area contributed by atoms with E-state index in [1.807, 2.05) is 0 Å². The Morgan fingerprint density at radius 2 is 1.82 bits per heavy atom. The van der Waals surface area contributed by atoms with Crippen molar-refractivity contribution in [2.45, 2.75) is 31.6 Å². The van der Waals surface area contributed by atoms with E-state index in [1.54, 1.807) is 35.7 Å². The molecule has 3 rings (SSSR count). The average Bonchev–Trinajstić information content (AvgIpc) is 3.06. The lowest BCUT2D eigenvalue weighted by molar-refractivity contribution is 0.305. The van der Waals surface area contributed by atoms with Crippen LogP contribution in [0.4, 0.5) is 0 Å². The Labute approximate surface area is 163 Å². The van der Waals surface area contributed by atoms with Crippen LogP contribution in [0.2, 0.25) is 0 Å². The molecular weight excluding hydrogens is 382 g/mol. The van der Waals surface area contributed by atoms with Gasteiger partial charge in [-0.05, 0) is 43.7 Å². The zero-order valence-electron chi connectivity index (χ0n) is 15.8. The zero-order valence-corrected chi connectivity index (χ0v) is 16.6. The van der Waals surface area contributed by atoms with E-state index in [0.717, 1.165) is 12.8 Å². The minimum absolute atomic E-state index is 0.109. The molecule has 0 bridgehead atoms. The third-order valence-corrected chi connectivity index (χ3v) is 5.42. The number of sulfonamides is 1. The average molecular weight is 405 g/mol. The van der Waals surface area contributed by atoms with Crippen LogP contribution in [0.1, 0.15) is 25.6 Å². The Balaban J connectivity index is 1.50. The molecule has 0 fully saturated rings. The van der Waals surface area contributed by atoms with Crippen LogP contribution >= 0.6 is 0 Å². The lowest BCUT2D eigenvalue weighted by Crippen LogP contribution is -2.28. The molecule has 0 aliphatic heterocycles. The normalized spacial score (nSPS) is 11.6. The van der Waals surface area contributed by atoms with Crippen LogP contribution in [-0.4, -0.2) is 48.0 Å². The summed E-state index contributed by atoms with van der Waals surface area (Å²) in [5.41, 5.74) is 0.618. The van der Waals surface area contributed by atoms with Gasteiger partial charge in [0.2, 0.25) is 15.9 Å². The molecule has 28 heavy (non-hydrogen) atoms. The van der Waals surface area contributed by atoms with Gasteiger partial charge in [0, 0.05) is 12.6 Å². The highest BCUT2D eigenvalue weighted by molar-refractivity contribution is 7.89. The van der Waals surface area contributed by atoms with Gasteiger partial charge in [-0.25, -0.2) is 13.1 Å². The minimum Gasteiger partial charge on any atom is -0.494 e. The molecule has 0 radical (unpaired) electrons. The van der Waals surface area contributed by atoms with Crippen LogP contribution in [0, 0.1) is 6.92 Å². The Hall–Kier alpha value is -2.72. The summed E-state index contributed by atoms with van der Waals surface area (Å²) in [7, 11) is -3.62. The number of unbranched alkanes of at least 4 members (excludes halogenated alkanes) is 1. The Kier molecular flexibility index (Phi) is 6.42. The van der Waals surface area contributed by atoms with Gasteiger partial charge in [-0.1, -0.05) is 13.3 Å². The van der Waals surface area contributed by atoms with Crippen molar-refractivity contribution in [2.24, 2.45) is 0 Å². The molecule has 0 amide bonds. The molecular formula is C18H23N5O4S. The van der Waals surface area contributed by atoms with Gasteiger partial charge in [0.25, 0.3) is 0 Å². The lowest BCUT2D eigenvalue weighted by atomic mass is 10.3. The Morgan fingerprint density at radius 3 is 2.57 bits per heavy atom. The molecule has 1 aromatic carbocycles. The molecule has 150 valence electrons. The van der Waals surface area contributed by atoms with Gasteiger partial charge >= 0.3 is 0 Å². The number of ether oxygens (including phenoxy) is 2. The molecule has 0 saturated heterocycles. The van der Waals surface area contributed by atoms with Gasteiger partial charge in [-0.15, -0.1) is 15.3 Å². The first-order valence-electron chi connectivity index (χ1n) is 9.04. The maximum Gasteiger partial charge on any atom is 0.240 e. The van der Waals surface area contributed by atoms with Gasteiger partial charge in [0.15, 0.2) is 11.5 Å². The summed E-state index contributed by atoms with van der Waals surface area (Å²) >= 11 is 0. The first-order chi connectivity index (χ1) is 13.5. The molecule has 0 saturated carbocycles. The first-order valence-corrected chi connectivity index (χ1v) is 10.5. The van der Waals surface area contributed by atoms with Crippen molar-refractivity contribution in [3.8, 4) is 11.6 Å². The highest BCUT2D eigenvalue weighted by atomic mass is 32.2.